The summed E-state index contributed by atoms with van der Waals surface area (Å²) in [6, 6.07) is 5.98. The Bertz CT molecular complexity index is 536. The molecule has 0 amide bonds. The van der Waals surface area contributed by atoms with Crippen molar-refractivity contribution in [1.82, 2.24) is 0 Å². The normalized spacial score (nSPS) is 12.9. The molecule has 1 aromatic carbocycles. The molecule has 1 aromatic rings. The van der Waals surface area contributed by atoms with Gasteiger partial charge in [0.05, 0.1) is 16.6 Å². The summed E-state index contributed by atoms with van der Waals surface area (Å²) < 4.78 is 28.8. The quantitative estimate of drug-likeness (QED) is 0.829. The van der Waals surface area contributed by atoms with E-state index in [1.807, 2.05) is 6.92 Å². The number of carboxylic acid groups (broad SMARTS) is 1. The number of hydrogen-bond donors (Lipinski definition) is 1. The van der Waals surface area contributed by atoms with Crippen LogP contribution in [0.2, 0.25) is 0 Å². The molecule has 0 saturated heterocycles. The number of sulfone groups is 1. The molecule has 0 aromatic heterocycles. The van der Waals surface area contributed by atoms with Crippen molar-refractivity contribution in [3.05, 3.63) is 29.8 Å². The van der Waals surface area contributed by atoms with Gasteiger partial charge in [-0.3, -0.25) is 0 Å². The SMILES string of the molecule is CCC(C)S(=O)(=O)CCOc1cccc(C(=O)O)c1. The van der Waals surface area contributed by atoms with Gasteiger partial charge < -0.3 is 9.84 Å². The number of rotatable bonds is 7. The Kier molecular flexibility index (Phi) is 5.35. The molecule has 0 bridgehead atoms. The molecule has 1 atom stereocenters. The van der Waals surface area contributed by atoms with Crippen LogP contribution in [0.4, 0.5) is 0 Å². The van der Waals surface area contributed by atoms with Gasteiger partial charge in [0, 0.05) is 0 Å². The highest BCUT2D eigenvalue weighted by atomic mass is 32.2. The van der Waals surface area contributed by atoms with E-state index in [2.05, 4.69) is 0 Å². The van der Waals surface area contributed by atoms with Gasteiger partial charge in [0.2, 0.25) is 0 Å². The van der Waals surface area contributed by atoms with Gasteiger partial charge in [-0.1, -0.05) is 13.0 Å². The first-order valence-corrected chi connectivity index (χ1v) is 7.76. The summed E-state index contributed by atoms with van der Waals surface area (Å²) in [4.78, 5) is 10.8. The van der Waals surface area contributed by atoms with Gasteiger partial charge in [0.1, 0.15) is 12.4 Å². The molecule has 0 spiro atoms. The lowest BCUT2D eigenvalue weighted by Gasteiger charge is -2.11. The number of ether oxygens (including phenoxy) is 1. The molecular weight excluding hydrogens is 268 g/mol. The van der Waals surface area contributed by atoms with Crippen LogP contribution in [0.25, 0.3) is 0 Å². The molecule has 106 valence electrons. The average molecular weight is 286 g/mol. The fraction of sp³-hybridized carbons (Fsp3) is 0.462. The van der Waals surface area contributed by atoms with Crippen LogP contribution in [0.5, 0.6) is 5.75 Å². The molecule has 0 saturated carbocycles. The molecule has 0 aliphatic carbocycles. The van der Waals surface area contributed by atoms with Crippen molar-refractivity contribution in [2.75, 3.05) is 12.4 Å². The molecule has 5 nitrogen and oxygen atoms in total. The molecule has 19 heavy (non-hydrogen) atoms. The Morgan fingerprint density at radius 3 is 2.68 bits per heavy atom. The maximum absolute atomic E-state index is 11.8. The molecule has 1 N–H and O–H groups in total. The average Bonchev–Trinajstić information content (AvgIpc) is 2.37. The van der Waals surface area contributed by atoms with Gasteiger partial charge in [0.25, 0.3) is 0 Å². The molecule has 1 rings (SSSR count). The van der Waals surface area contributed by atoms with E-state index in [1.165, 1.54) is 12.1 Å². The molecule has 0 aliphatic rings. The number of benzene rings is 1. The third-order valence-corrected chi connectivity index (χ3v) is 5.20. The topological polar surface area (TPSA) is 80.7 Å². The van der Waals surface area contributed by atoms with E-state index in [4.69, 9.17) is 9.84 Å². The number of hydrogen-bond acceptors (Lipinski definition) is 4. The second-order valence-electron chi connectivity index (χ2n) is 4.27. The maximum Gasteiger partial charge on any atom is 0.335 e. The second-order valence-corrected chi connectivity index (χ2v) is 6.81. The van der Waals surface area contributed by atoms with Crippen molar-refractivity contribution >= 4 is 15.8 Å². The first-order chi connectivity index (χ1) is 8.86. The first kappa shape index (κ1) is 15.5. The zero-order chi connectivity index (χ0) is 14.5. The van der Waals surface area contributed by atoms with E-state index in [9.17, 15) is 13.2 Å². The molecule has 0 heterocycles. The smallest absolute Gasteiger partial charge is 0.335 e. The predicted molar refractivity (Wildman–Crippen MR) is 72.4 cm³/mol. The Balaban J connectivity index is 2.59. The largest absolute Gasteiger partial charge is 0.493 e. The van der Waals surface area contributed by atoms with Gasteiger partial charge in [-0.05, 0) is 31.5 Å². The summed E-state index contributed by atoms with van der Waals surface area (Å²) in [6.07, 6.45) is 0.566. The van der Waals surface area contributed by atoms with E-state index < -0.39 is 15.8 Å². The van der Waals surface area contributed by atoms with Crippen LogP contribution < -0.4 is 4.74 Å². The fourth-order valence-corrected chi connectivity index (χ4v) is 2.68. The maximum atomic E-state index is 11.8. The second kappa shape index (κ2) is 6.56. The van der Waals surface area contributed by atoms with Crippen molar-refractivity contribution in [2.45, 2.75) is 25.5 Å². The summed E-state index contributed by atoms with van der Waals surface area (Å²) in [5.74, 6) is -0.754. The Morgan fingerprint density at radius 2 is 2.11 bits per heavy atom. The van der Waals surface area contributed by atoms with E-state index >= 15 is 0 Å². The third-order valence-electron chi connectivity index (χ3n) is 2.91. The standard InChI is InChI=1S/C13H18O5S/c1-3-10(2)19(16,17)8-7-18-12-6-4-5-11(9-12)13(14)15/h4-6,9-10H,3,7-8H2,1-2H3,(H,14,15). The Labute approximate surface area is 113 Å². The lowest BCUT2D eigenvalue weighted by atomic mass is 10.2. The van der Waals surface area contributed by atoms with Gasteiger partial charge in [-0.2, -0.15) is 0 Å². The summed E-state index contributed by atoms with van der Waals surface area (Å²) in [5.41, 5.74) is 0.113. The Hall–Kier alpha value is -1.56. The zero-order valence-electron chi connectivity index (χ0n) is 11.0. The highest BCUT2D eigenvalue weighted by Gasteiger charge is 2.18. The summed E-state index contributed by atoms with van der Waals surface area (Å²) in [5, 5.41) is 8.43. The number of carbonyl (C=O) groups is 1. The fourth-order valence-electron chi connectivity index (χ4n) is 1.45. The van der Waals surface area contributed by atoms with Crippen LogP contribution in [0, 0.1) is 0 Å². The monoisotopic (exact) mass is 286 g/mol. The predicted octanol–water partition coefficient (Wildman–Crippen LogP) is 1.98. The summed E-state index contributed by atoms with van der Waals surface area (Å²) >= 11 is 0. The van der Waals surface area contributed by atoms with Crippen LogP contribution in [-0.2, 0) is 9.84 Å². The molecule has 0 aliphatic heterocycles. The van der Waals surface area contributed by atoms with E-state index in [1.54, 1.807) is 19.1 Å². The van der Waals surface area contributed by atoms with Crippen molar-refractivity contribution in [3.8, 4) is 5.75 Å². The summed E-state index contributed by atoms with van der Waals surface area (Å²) in [6.45, 7) is 3.51. The van der Waals surface area contributed by atoms with Gasteiger partial charge >= 0.3 is 5.97 Å². The zero-order valence-corrected chi connectivity index (χ0v) is 11.8. The van der Waals surface area contributed by atoms with Crippen LogP contribution >= 0.6 is 0 Å². The van der Waals surface area contributed by atoms with E-state index in [0.717, 1.165) is 0 Å². The van der Waals surface area contributed by atoms with E-state index in [0.29, 0.717) is 12.2 Å². The highest BCUT2D eigenvalue weighted by Crippen LogP contribution is 2.14. The third kappa shape index (κ3) is 4.55. The number of carboxylic acids is 1. The first-order valence-electron chi connectivity index (χ1n) is 6.04. The van der Waals surface area contributed by atoms with E-state index in [-0.39, 0.29) is 23.2 Å². The van der Waals surface area contributed by atoms with Crippen LogP contribution in [-0.4, -0.2) is 37.1 Å². The lowest BCUT2D eigenvalue weighted by molar-refractivity contribution is 0.0696. The lowest BCUT2D eigenvalue weighted by Crippen LogP contribution is -2.23. The minimum Gasteiger partial charge on any atom is -0.493 e. The molecular formula is C13H18O5S. The molecule has 0 fully saturated rings. The van der Waals surface area contributed by atoms with Crippen LogP contribution in [0.15, 0.2) is 24.3 Å². The van der Waals surface area contributed by atoms with Crippen molar-refractivity contribution in [2.24, 2.45) is 0 Å². The molecule has 1 unspecified atom stereocenters. The highest BCUT2D eigenvalue weighted by molar-refractivity contribution is 7.92. The van der Waals surface area contributed by atoms with Crippen molar-refractivity contribution in [3.63, 3.8) is 0 Å². The van der Waals surface area contributed by atoms with Gasteiger partial charge in [0.15, 0.2) is 9.84 Å². The summed E-state index contributed by atoms with van der Waals surface area (Å²) in [7, 11) is -3.15. The molecule has 6 heteroatoms. The van der Waals surface area contributed by atoms with Crippen LogP contribution in [0.1, 0.15) is 30.6 Å². The Morgan fingerprint density at radius 1 is 1.42 bits per heavy atom. The molecule has 0 radical (unpaired) electrons. The van der Waals surface area contributed by atoms with Crippen molar-refractivity contribution in [1.29, 1.82) is 0 Å². The number of aromatic carboxylic acids is 1. The minimum absolute atomic E-state index is 0.0236. The minimum atomic E-state index is -3.15. The van der Waals surface area contributed by atoms with Crippen LogP contribution in [0.3, 0.4) is 0 Å². The van der Waals surface area contributed by atoms with Crippen molar-refractivity contribution < 1.29 is 23.1 Å². The van der Waals surface area contributed by atoms with Gasteiger partial charge in [-0.15, -0.1) is 0 Å². The van der Waals surface area contributed by atoms with Gasteiger partial charge in [-0.25, -0.2) is 13.2 Å².